The number of aryl methyl sites for hydroxylation is 2. The average Bonchev–Trinajstić information content (AvgIpc) is 3.26. The van der Waals surface area contributed by atoms with Gasteiger partial charge in [0.15, 0.2) is 6.61 Å². The summed E-state index contributed by atoms with van der Waals surface area (Å²) < 4.78 is 5.16. The van der Waals surface area contributed by atoms with E-state index in [-0.39, 0.29) is 18.9 Å². The molecule has 1 fully saturated rings. The molecule has 0 aromatic heterocycles. The summed E-state index contributed by atoms with van der Waals surface area (Å²) in [6, 6.07) is 24.0. The van der Waals surface area contributed by atoms with E-state index in [0.29, 0.717) is 5.69 Å². The van der Waals surface area contributed by atoms with Gasteiger partial charge in [-0.2, -0.15) is 0 Å². The molecule has 0 spiro atoms. The van der Waals surface area contributed by atoms with E-state index in [0.717, 1.165) is 27.3 Å². The summed E-state index contributed by atoms with van der Waals surface area (Å²) in [6.45, 7) is 3.42. The molecule has 1 heterocycles. The Balaban J connectivity index is 1.34. The average molecular weight is 500 g/mol. The van der Waals surface area contributed by atoms with E-state index >= 15 is 0 Å². The van der Waals surface area contributed by atoms with Gasteiger partial charge in [0.25, 0.3) is 11.8 Å². The molecule has 190 valence electrons. The number of anilines is 1. The molecule has 1 saturated heterocycles. The van der Waals surface area contributed by atoms with Crippen LogP contribution in [0, 0.1) is 19.8 Å². The van der Waals surface area contributed by atoms with Crippen molar-refractivity contribution in [3.8, 4) is 0 Å². The Labute approximate surface area is 215 Å². The molecule has 0 unspecified atom stereocenters. The first-order valence-electron chi connectivity index (χ1n) is 12.1. The quantitative estimate of drug-likeness (QED) is 0.462. The number of esters is 1. The van der Waals surface area contributed by atoms with Crippen LogP contribution in [-0.2, 0) is 23.9 Å². The van der Waals surface area contributed by atoms with Crippen molar-refractivity contribution in [3.05, 3.63) is 101 Å². The molecule has 8 nitrogen and oxygen atoms in total. The Morgan fingerprint density at radius 1 is 0.919 bits per heavy atom. The molecule has 3 aromatic rings. The van der Waals surface area contributed by atoms with E-state index in [1.807, 2.05) is 86.6 Å². The fourth-order valence-corrected chi connectivity index (χ4v) is 4.23. The fourth-order valence-electron chi connectivity index (χ4n) is 4.23. The van der Waals surface area contributed by atoms with Gasteiger partial charge in [-0.15, -0.1) is 0 Å². The third-order valence-electron chi connectivity index (χ3n) is 6.37. The summed E-state index contributed by atoms with van der Waals surface area (Å²) in [5.41, 5.74) is 6.98. The highest BCUT2D eigenvalue weighted by molar-refractivity contribution is 5.94. The molecular formula is C29H29N3O5. The molecule has 8 heteroatoms. The number of nitrogens with one attached hydrogen (secondary N) is 2. The van der Waals surface area contributed by atoms with E-state index in [2.05, 4.69) is 10.7 Å². The van der Waals surface area contributed by atoms with Gasteiger partial charge >= 0.3 is 5.97 Å². The van der Waals surface area contributed by atoms with Gasteiger partial charge < -0.3 is 10.1 Å². The van der Waals surface area contributed by atoms with Gasteiger partial charge in [0.05, 0.1) is 18.4 Å². The lowest BCUT2D eigenvalue weighted by molar-refractivity contribution is -0.151. The largest absolute Gasteiger partial charge is 0.455 e. The maximum Gasteiger partial charge on any atom is 0.311 e. The van der Waals surface area contributed by atoms with Gasteiger partial charge in [0.2, 0.25) is 5.91 Å². The number of amides is 3. The minimum absolute atomic E-state index is 0.0293. The van der Waals surface area contributed by atoms with Gasteiger partial charge in [-0.1, -0.05) is 66.7 Å². The van der Waals surface area contributed by atoms with E-state index in [1.54, 1.807) is 6.07 Å². The number of carbonyl (C=O) groups is 4. The molecule has 0 saturated carbocycles. The Bertz CT molecular complexity index is 1250. The monoisotopic (exact) mass is 499 g/mol. The van der Waals surface area contributed by atoms with Crippen LogP contribution in [0.25, 0.3) is 0 Å². The highest BCUT2D eigenvalue weighted by Crippen LogP contribution is 2.26. The summed E-state index contributed by atoms with van der Waals surface area (Å²) in [4.78, 5) is 50.6. The van der Waals surface area contributed by atoms with E-state index in [1.165, 1.54) is 0 Å². The van der Waals surface area contributed by atoms with Crippen LogP contribution in [0.15, 0.2) is 78.9 Å². The normalized spacial score (nSPS) is 14.9. The lowest BCUT2D eigenvalue weighted by Crippen LogP contribution is -2.45. The molecule has 1 atom stereocenters. The topological polar surface area (TPSA) is 105 Å². The van der Waals surface area contributed by atoms with Crippen molar-refractivity contribution >= 4 is 29.4 Å². The maximum absolute atomic E-state index is 13.3. The zero-order valence-electron chi connectivity index (χ0n) is 20.8. The summed E-state index contributed by atoms with van der Waals surface area (Å²) in [5, 5.41) is 3.85. The lowest BCUT2D eigenvalue weighted by Gasteiger charge is -2.23. The second-order valence-electron chi connectivity index (χ2n) is 9.09. The smallest absolute Gasteiger partial charge is 0.311 e. The highest BCUT2D eigenvalue weighted by atomic mass is 16.5. The van der Waals surface area contributed by atoms with Crippen molar-refractivity contribution in [2.45, 2.75) is 26.2 Å². The molecule has 2 N–H and O–H groups in total. The third kappa shape index (κ3) is 6.41. The van der Waals surface area contributed by atoms with E-state index < -0.39 is 36.2 Å². The van der Waals surface area contributed by atoms with E-state index in [4.69, 9.17) is 4.74 Å². The van der Waals surface area contributed by atoms with Crippen LogP contribution in [0.4, 0.5) is 5.69 Å². The predicted octanol–water partition coefficient (Wildman–Crippen LogP) is 3.50. The molecule has 1 aliphatic rings. The van der Waals surface area contributed by atoms with Crippen molar-refractivity contribution in [1.82, 2.24) is 10.4 Å². The number of ether oxygens (including phenoxy) is 1. The first kappa shape index (κ1) is 25.6. The zero-order chi connectivity index (χ0) is 26.4. The van der Waals surface area contributed by atoms with Crippen LogP contribution < -0.4 is 10.7 Å². The summed E-state index contributed by atoms with van der Waals surface area (Å²) in [6.07, 6.45) is -0.112. The first-order chi connectivity index (χ1) is 17.8. The molecule has 37 heavy (non-hydrogen) atoms. The van der Waals surface area contributed by atoms with Gasteiger partial charge in [0, 0.05) is 12.1 Å². The van der Waals surface area contributed by atoms with Gasteiger partial charge in [-0.05, 0) is 48.2 Å². The number of benzene rings is 3. The van der Waals surface area contributed by atoms with Crippen LogP contribution in [-0.4, -0.2) is 41.9 Å². The highest BCUT2D eigenvalue weighted by Gasteiger charge is 2.37. The standard InChI is InChI=1S/C29H29N3O5/c1-19-13-14-24(15-20(19)2)30-25(33)18-37-29(36)23-16-26(34)32(17-23)31-28(35)27(21-9-5-3-6-10-21)22-11-7-4-8-12-22/h3-15,23,27H,16-18H2,1-2H3,(H,30,33)(H,31,35)/t23-/m1/s1. The molecule has 0 bridgehead atoms. The van der Waals surface area contributed by atoms with Crippen LogP contribution in [0.2, 0.25) is 0 Å². The van der Waals surface area contributed by atoms with Gasteiger partial charge in [-0.3, -0.25) is 29.6 Å². The predicted molar refractivity (Wildman–Crippen MR) is 138 cm³/mol. The third-order valence-corrected chi connectivity index (χ3v) is 6.37. The van der Waals surface area contributed by atoms with Crippen LogP contribution in [0.1, 0.15) is 34.6 Å². The van der Waals surface area contributed by atoms with Gasteiger partial charge in [-0.25, -0.2) is 0 Å². The number of hydrogen-bond acceptors (Lipinski definition) is 5. The number of carbonyl (C=O) groups excluding carboxylic acids is 4. The van der Waals surface area contributed by atoms with Crippen LogP contribution in [0.5, 0.6) is 0 Å². The van der Waals surface area contributed by atoms with Crippen molar-refractivity contribution in [2.75, 3.05) is 18.5 Å². The molecule has 0 aliphatic carbocycles. The summed E-state index contributed by atoms with van der Waals surface area (Å²) in [5.74, 6) is -3.32. The maximum atomic E-state index is 13.3. The fraction of sp³-hybridized carbons (Fsp3) is 0.241. The van der Waals surface area contributed by atoms with Crippen LogP contribution in [0.3, 0.4) is 0 Å². The van der Waals surface area contributed by atoms with Crippen molar-refractivity contribution in [3.63, 3.8) is 0 Å². The Hall–Kier alpha value is -4.46. The SMILES string of the molecule is Cc1ccc(NC(=O)COC(=O)[C@@H]2CC(=O)N(NC(=O)C(c3ccccc3)c3ccccc3)C2)cc1C. The minimum Gasteiger partial charge on any atom is -0.455 e. The second kappa shape index (κ2) is 11.5. The Morgan fingerprint density at radius 3 is 2.14 bits per heavy atom. The van der Waals surface area contributed by atoms with Crippen molar-refractivity contribution in [1.29, 1.82) is 0 Å². The summed E-state index contributed by atoms with van der Waals surface area (Å²) >= 11 is 0. The Kier molecular flexibility index (Phi) is 7.98. The first-order valence-corrected chi connectivity index (χ1v) is 12.1. The second-order valence-corrected chi connectivity index (χ2v) is 9.09. The van der Waals surface area contributed by atoms with Crippen molar-refractivity contribution < 1.29 is 23.9 Å². The number of hydrazine groups is 1. The lowest BCUT2D eigenvalue weighted by atomic mass is 9.91. The molecular weight excluding hydrogens is 470 g/mol. The molecule has 3 amide bonds. The zero-order valence-corrected chi connectivity index (χ0v) is 20.8. The minimum atomic E-state index is -0.783. The number of rotatable bonds is 8. The van der Waals surface area contributed by atoms with Crippen molar-refractivity contribution in [2.24, 2.45) is 5.92 Å². The summed E-state index contributed by atoms with van der Waals surface area (Å²) in [7, 11) is 0. The molecule has 1 aliphatic heterocycles. The number of nitrogens with zero attached hydrogens (tertiary/aromatic N) is 1. The molecule has 3 aromatic carbocycles. The van der Waals surface area contributed by atoms with Crippen LogP contribution >= 0.6 is 0 Å². The van der Waals surface area contributed by atoms with Gasteiger partial charge in [0.1, 0.15) is 0 Å². The molecule has 4 rings (SSSR count). The molecule has 0 radical (unpaired) electrons. The van der Waals surface area contributed by atoms with E-state index in [9.17, 15) is 19.2 Å². The Morgan fingerprint density at radius 2 is 1.54 bits per heavy atom. The number of hydrogen-bond donors (Lipinski definition) is 2.